The van der Waals surface area contributed by atoms with Gasteiger partial charge in [-0.25, -0.2) is 8.42 Å². The van der Waals surface area contributed by atoms with E-state index in [1.165, 1.54) is 130 Å². The van der Waals surface area contributed by atoms with E-state index in [0.29, 0.717) is 45.6 Å². The molecule has 18 nitrogen and oxygen atoms in total. The van der Waals surface area contributed by atoms with Crippen LogP contribution in [-0.2, 0) is 9.84 Å². The SMILES string of the molecule is COc1cc(OC)c(C=CC(c2ccc(OC)c(NC(=O)c3cc(N)cc(N)c3)c2)S(=O)(=O)C(C=Cc2c(OC)cc(OC)cc2OC)c2ccc(OC)c(NC(=O)c3cc(N)cc(N)c3)c2)c(OC)c1. The molecule has 0 bridgehead atoms. The van der Waals surface area contributed by atoms with Crippen LogP contribution in [0.1, 0.15) is 53.5 Å². The first kappa shape index (κ1) is 51.7. The number of nitrogen functional groups attached to an aromatic ring is 4. The Morgan fingerprint density at radius 2 is 0.746 bits per heavy atom. The lowest BCUT2D eigenvalue weighted by Gasteiger charge is -2.24. The number of hydrogen-bond acceptors (Lipinski definition) is 16. The highest BCUT2D eigenvalue weighted by Crippen LogP contribution is 2.44. The number of rotatable bonds is 20. The van der Waals surface area contributed by atoms with E-state index >= 15 is 8.42 Å². The van der Waals surface area contributed by atoms with Crippen LogP contribution in [0.4, 0.5) is 34.1 Å². The number of methoxy groups -OCH3 is 8. The number of nitrogens with one attached hydrogen (secondary N) is 2. The van der Waals surface area contributed by atoms with Crippen molar-refractivity contribution in [3.05, 3.63) is 143 Å². The number of ether oxygens (including phenoxy) is 8. The molecule has 0 aliphatic carbocycles. The molecule has 0 saturated heterocycles. The summed E-state index contributed by atoms with van der Waals surface area (Å²) in [6.07, 6.45) is 6.06. The molecule has 0 saturated carbocycles. The van der Waals surface area contributed by atoms with Gasteiger partial charge in [0, 0.05) is 58.1 Å². The van der Waals surface area contributed by atoms with E-state index < -0.39 is 32.2 Å². The van der Waals surface area contributed by atoms with Gasteiger partial charge >= 0.3 is 0 Å². The largest absolute Gasteiger partial charge is 0.496 e. The van der Waals surface area contributed by atoms with Gasteiger partial charge in [-0.15, -0.1) is 0 Å². The Balaban J connectivity index is 1.62. The van der Waals surface area contributed by atoms with Gasteiger partial charge in [0.2, 0.25) is 0 Å². The molecule has 0 radical (unpaired) electrons. The zero-order valence-electron chi connectivity index (χ0n) is 40.3. The molecule has 6 aromatic carbocycles. The fraction of sp³-hybridized carbons (Fsp3) is 0.192. The standard InChI is InChI=1S/C52H56N6O12S/c1-63-37-25-45(67-5)39(46(26-37)68-6)11-15-49(29-9-13-43(65-3)41(21-29)57-51(59)31-17-33(53)23-34(54)18-31)71(61,62)50(16-12-40-47(69-7)27-38(64-2)28-48(40)70-8)30-10-14-44(66-4)42(22-30)58-52(60)32-19-35(55)24-36(56)20-32/h9-28,49-50H,53-56H2,1-8H3,(H,57,59)(H,58,60). The highest BCUT2D eigenvalue weighted by Gasteiger charge is 2.35. The Labute approximate surface area is 411 Å². The van der Waals surface area contributed by atoms with Crippen molar-refractivity contribution in [3.63, 3.8) is 0 Å². The van der Waals surface area contributed by atoms with Gasteiger partial charge in [0.05, 0.1) is 79.4 Å². The average Bonchev–Trinajstić information content (AvgIpc) is 3.35. The summed E-state index contributed by atoms with van der Waals surface area (Å²) in [6, 6.07) is 24.5. The number of sulfone groups is 1. The minimum Gasteiger partial charge on any atom is -0.496 e. The fourth-order valence-corrected chi connectivity index (χ4v) is 9.71. The lowest BCUT2D eigenvalue weighted by molar-refractivity contribution is 0.101. The van der Waals surface area contributed by atoms with Crippen LogP contribution in [0.2, 0.25) is 0 Å². The number of anilines is 6. The summed E-state index contributed by atoms with van der Waals surface area (Å²) >= 11 is 0. The van der Waals surface area contributed by atoms with Crippen molar-refractivity contribution in [1.82, 2.24) is 0 Å². The Bertz CT molecular complexity index is 2830. The van der Waals surface area contributed by atoms with E-state index in [9.17, 15) is 9.59 Å². The Morgan fingerprint density at radius 1 is 0.437 bits per heavy atom. The first-order valence-corrected chi connectivity index (χ1v) is 23.1. The highest BCUT2D eigenvalue weighted by atomic mass is 32.2. The van der Waals surface area contributed by atoms with Crippen LogP contribution in [0.15, 0.2) is 109 Å². The molecule has 2 amide bonds. The van der Waals surface area contributed by atoms with E-state index in [-0.39, 0.29) is 67.9 Å². The maximum absolute atomic E-state index is 16.1. The number of carbonyl (C=O) groups excluding carboxylic acids is 2. The number of nitrogens with two attached hydrogens (primary N) is 4. The second kappa shape index (κ2) is 22.6. The Kier molecular flexibility index (Phi) is 16.4. The first-order valence-electron chi connectivity index (χ1n) is 21.5. The molecule has 2 atom stereocenters. The molecule has 10 N–H and O–H groups in total. The molecule has 19 heteroatoms. The molecule has 0 heterocycles. The number of amides is 2. The van der Waals surface area contributed by atoms with Gasteiger partial charge in [-0.3, -0.25) is 9.59 Å². The predicted molar refractivity (Wildman–Crippen MR) is 277 cm³/mol. The van der Waals surface area contributed by atoms with Gasteiger partial charge in [-0.05, 0) is 83.9 Å². The number of carbonyl (C=O) groups is 2. The fourth-order valence-electron chi connectivity index (χ4n) is 7.74. The minimum atomic E-state index is -4.63. The molecule has 6 aromatic rings. The quantitative estimate of drug-likeness (QED) is 0.0393. The first-order chi connectivity index (χ1) is 34.0. The second-order valence-corrected chi connectivity index (χ2v) is 17.8. The van der Waals surface area contributed by atoms with Gasteiger partial charge in [-0.2, -0.15) is 0 Å². The van der Waals surface area contributed by atoms with Crippen molar-refractivity contribution < 1.29 is 55.9 Å². The van der Waals surface area contributed by atoms with Crippen LogP contribution in [-0.4, -0.2) is 77.1 Å². The molecule has 0 fully saturated rings. The van der Waals surface area contributed by atoms with Gasteiger partial charge in [0.1, 0.15) is 56.5 Å². The molecule has 0 aromatic heterocycles. The van der Waals surface area contributed by atoms with Crippen LogP contribution < -0.4 is 71.5 Å². The van der Waals surface area contributed by atoms with Crippen LogP contribution in [0.25, 0.3) is 12.2 Å². The molecular weight excluding hydrogens is 933 g/mol. The van der Waals surface area contributed by atoms with E-state index in [4.69, 9.17) is 60.8 Å². The molecule has 0 spiro atoms. The van der Waals surface area contributed by atoms with Crippen LogP contribution >= 0.6 is 0 Å². The molecule has 6 rings (SSSR count). The molecule has 71 heavy (non-hydrogen) atoms. The van der Waals surface area contributed by atoms with E-state index in [2.05, 4.69) is 10.6 Å². The summed E-state index contributed by atoms with van der Waals surface area (Å²) in [5, 5.41) is 2.60. The van der Waals surface area contributed by atoms with Crippen molar-refractivity contribution >= 4 is 67.9 Å². The lowest BCUT2D eigenvalue weighted by Crippen LogP contribution is -2.20. The molecule has 0 aliphatic heterocycles. The zero-order chi connectivity index (χ0) is 51.6. The summed E-state index contributed by atoms with van der Waals surface area (Å²) in [6.45, 7) is 0. The summed E-state index contributed by atoms with van der Waals surface area (Å²) in [4.78, 5) is 27.5. The maximum Gasteiger partial charge on any atom is 0.255 e. The van der Waals surface area contributed by atoms with Gasteiger partial charge < -0.3 is 71.5 Å². The van der Waals surface area contributed by atoms with Crippen molar-refractivity contribution in [2.75, 3.05) is 90.4 Å². The van der Waals surface area contributed by atoms with Gasteiger partial charge in [0.25, 0.3) is 11.8 Å². The molecule has 0 aliphatic rings. The third-order valence-corrected chi connectivity index (χ3v) is 13.4. The predicted octanol–water partition coefficient (Wildman–Crippen LogP) is 8.21. The van der Waals surface area contributed by atoms with Crippen molar-refractivity contribution in [2.24, 2.45) is 0 Å². The second-order valence-electron chi connectivity index (χ2n) is 15.6. The van der Waals surface area contributed by atoms with Gasteiger partial charge in [-0.1, -0.05) is 24.3 Å². The molecular formula is C52H56N6O12S. The lowest BCUT2D eigenvalue weighted by atomic mass is 10.1. The molecule has 372 valence electrons. The smallest absolute Gasteiger partial charge is 0.255 e. The van der Waals surface area contributed by atoms with Crippen LogP contribution in [0, 0.1) is 0 Å². The number of hydrogen-bond donors (Lipinski definition) is 6. The monoisotopic (exact) mass is 988 g/mol. The van der Waals surface area contributed by atoms with Gasteiger partial charge in [0.15, 0.2) is 9.84 Å². The van der Waals surface area contributed by atoms with E-state index in [1.54, 1.807) is 48.6 Å². The molecule has 2 unspecified atom stereocenters. The van der Waals surface area contributed by atoms with Crippen LogP contribution in [0.5, 0.6) is 46.0 Å². The van der Waals surface area contributed by atoms with E-state index in [0.717, 1.165) is 0 Å². The summed E-state index contributed by atoms with van der Waals surface area (Å²) < 4.78 is 77.4. The number of benzene rings is 6. The summed E-state index contributed by atoms with van der Waals surface area (Å²) in [7, 11) is 6.98. The zero-order valence-corrected chi connectivity index (χ0v) is 41.1. The van der Waals surface area contributed by atoms with Crippen LogP contribution in [0.3, 0.4) is 0 Å². The average molecular weight is 989 g/mol. The topological polar surface area (TPSA) is 270 Å². The highest BCUT2D eigenvalue weighted by molar-refractivity contribution is 7.92. The summed E-state index contributed by atoms with van der Waals surface area (Å²) in [5.41, 5.74) is 26.8. The third-order valence-electron chi connectivity index (χ3n) is 11.2. The minimum absolute atomic E-state index is 0.126. The van der Waals surface area contributed by atoms with Crippen molar-refractivity contribution in [3.8, 4) is 46.0 Å². The van der Waals surface area contributed by atoms with E-state index in [1.807, 2.05) is 0 Å². The third kappa shape index (κ3) is 11.8. The Hall–Kier alpha value is -8.71. The maximum atomic E-state index is 16.1. The van der Waals surface area contributed by atoms with Crippen molar-refractivity contribution in [2.45, 2.75) is 10.5 Å². The summed E-state index contributed by atoms with van der Waals surface area (Å²) in [5.74, 6) is 1.32. The normalized spacial score (nSPS) is 12.2. The van der Waals surface area contributed by atoms with Crippen molar-refractivity contribution in [1.29, 1.82) is 0 Å². The Morgan fingerprint density at radius 3 is 1.03 bits per heavy atom.